The van der Waals surface area contributed by atoms with Gasteiger partial charge in [0.25, 0.3) is 0 Å². The quantitative estimate of drug-likeness (QED) is 0.128. The van der Waals surface area contributed by atoms with Crippen molar-refractivity contribution in [1.82, 2.24) is 0 Å². The van der Waals surface area contributed by atoms with E-state index >= 15 is 0 Å². The summed E-state index contributed by atoms with van der Waals surface area (Å²) >= 11 is 12.2. The van der Waals surface area contributed by atoms with Crippen LogP contribution in [0.15, 0.2) is 127 Å². The minimum absolute atomic E-state index is 0.251. The number of rotatable bonds is 10. The molecular formula is C42H36O2S6. The second-order valence-corrected chi connectivity index (χ2v) is 20.0. The topological polar surface area (TPSA) is 18.5 Å². The molecule has 0 N–H and O–H groups in total. The molecule has 0 bridgehead atoms. The summed E-state index contributed by atoms with van der Waals surface area (Å²) in [6.45, 7) is 5.92. The molecule has 0 radical (unpaired) electrons. The van der Waals surface area contributed by atoms with Crippen molar-refractivity contribution in [2.75, 3.05) is 13.2 Å². The van der Waals surface area contributed by atoms with Gasteiger partial charge in [0.15, 0.2) is 0 Å². The van der Waals surface area contributed by atoms with Gasteiger partial charge in [-0.15, -0.1) is 22.7 Å². The highest BCUT2D eigenvalue weighted by Crippen LogP contribution is 2.83. The van der Waals surface area contributed by atoms with Crippen molar-refractivity contribution in [3.8, 4) is 44.9 Å². The molecule has 6 aromatic rings. The summed E-state index contributed by atoms with van der Waals surface area (Å²) in [6, 6.07) is 36.0. The van der Waals surface area contributed by atoms with Crippen molar-refractivity contribution in [1.29, 1.82) is 0 Å². The van der Waals surface area contributed by atoms with Crippen LogP contribution in [0.5, 0.6) is 11.5 Å². The van der Waals surface area contributed by atoms with Crippen LogP contribution >= 0.6 is 69.7 Å². The number of hydrogen-bond acceptors (Lipinski definition) is 8. The summed E-state index contributed by atoms with van der Waals surface area (Å²) in [5.74, 6) is 1.89. The third-order valence-corrected chi connectivity index (χ3v) is 19.4. The van der Waals surface area contributed by atoms with Crippen LogP contribution in [0.25, 0.3) is 33.4 Å². The van der Waals surface area contributed by atoms with E-state index in [4.69, 9.17) is 9.47 Å². The predicted molar refractivity (Wildman–Crippen MR) is 219 cm³/mol. The summed E-state index contributed by atoms with van der Waals surface area (Å²) in [5.41, 5.74) is 7.88. The predicted octanol–water partition coefficient (Wildman–Crippen LogP) is 14.3. The standard InChI is InChI=1S/C42H36O2S6/c1-3-5-23-43-29-17-13-27(14-18-29)31-9-7-11-35-37(31)49-41(47-35)39-33(21-25-45-39)34-22-26-46-40(34)42(41)48-36-12-8-10-32(38(36)50-42)28-15-19-30(20-16-28)44-24-6-4-2/h7-22,25-26H,3-6,23-24H2,1-2H3. The molecule has 2 aliphatic heterocycles. The molecule has 252 valence electrons. The Labute approximate surface area is 319 Å². The van der Waals surface area contributed by atoms with E-state index in [9.17, 15) is 0 Å². The molecular weight excluding hydrogens is 729 g/mol. The molecule has 2 spiro atoms. The van der Waals surface area contributed by atoms with Gasteiger partial charge in [-0.3, -0.25) is 0 Å². The molecule has 0 fully saturated rings. The lowest BCUT2D eigenvalue weighted by Crippen LogP contribution is -2.38. The van der Waals surface area contributed by atoms with Gasteiger partial charge in [0.05, 0.1) is 13.2 Å². The number of thiophene rings is 2. The average molecular weight is 765 g/mol. The highest BCUT2D eigenvalue weighted by Gasteiger charge is 2.66. The Morgan fingerprint density at radius 3 is 1.34 bits per heavy atom. The largest absolute Gasteiger partial charge is 0.494 e. The maximum Gasteiger partial charge on any atom is 0.134 e. The number of fused-ring (bicyclic) bond motifs is 8. The van der Waals surface area contributed by atoms with Crippen molar-refractivity contribution >= 4 is 69.7 Å². The Kier molecular flexibility index (Phi) is 9.07. The smallest absolute Gasteiger partial charge is 0.134 e. The zero-order valence-electron chi connectivity index (χ0n) is 27.9. The first kappa shape index (κ1) is 33.1. The zero-order valence-corrected chi connectivity index (χ0v) is 32.8. The van der Waals surface area contributed by atoms with Crippen LogP contribution in [0, 0.1) is 0 Å². The number of thioether (sulfide) groups is 4. The Bertz CT molecular complexity index is 2010. The second-order valence-electron chi connectivity index (χ2n) is 12.7. The van der Waals surface area contributed by atoms with Crippen LogP contribution in [0.4, 0.5) is 0 Å². The molecule has 2 aromatic heterocycles. The van der Waals surface area contributed by atoms with E-state index in [0.717, 1.165) is 50.4 Å². The fourth-order valence-electron chi connectivity index (χ4n) is 6.93. The van der Waals surface area contributed by atoms with Crippen molar-refractivity contribution < 1.29 is 9.47 Å². The van der Waals surface area contributed by atoms with E-state index in [1.54, 1.807) is 0 Å². The van der Waals surface area contributed by atoms with Crippen LogP contribution < -0.4 is 9.47 Å². The molecule has 50 heavy (non-hydrogen) atoms. The molecule has 0 amide bonds. The minimum atomic E-state index is -0.251. The number of unbranched alkanes of at least 4 members (excludes halogenated alkanes) is 2. The first-order valence-electron chi connectivity index (χ1n) is 17.3. The Balaban J connectivity index is 1.12. The van der Waals surface area contributed by atoms with Gasteiger partial charge in [0, 0.05) is 29.3 Å². The third kappa shape index (κ3) is 5.40. The molecule has 0 saturated carbocycles. The Morgan fingerprint density at radius 2 is 0.920 bits per heavy atom. The molecule has 0 saturated heterocycles. The highest BCUT2D eigenvalue weighted by molar-refractivity contribution is 8.27. The van der Waals surface area contributed by atoms with E-state index in [2.05, 4.69) is 169 Å². The summed E-state index contributed by atoms with van der Waals surface area (Å²) in [7, 11) is 0. The van der Waals surface area contributed by atoms with Crippen molar-refractivity contribution in [3.63, 3.8) is 0 Å². The van der Waals surface area contributed by atoms with Gasteiger partial charge >= 0.3 is 0 Å². The normalized spacial score (nSPS) is 19.7. The average Bonchev–Trinajstić information content (AvgIpc) is 3.96. The van der Waals surface area contributed by atoms with E-state index in [-0.39, 0.29) is 8.16 Å². The van der Waals surface area contributed by atoms with Crippen LogP contribution in [0.1, 0.15) is 49.3 Å². The van der Waals surface area contributed by atoms with Crippen molar-refractivity contribution in [2.24, 2.45) is 0 Å². The number of benzene rings is 4. The molecule has 2 atom stereocenters. The summed E-state index contributed by atoms with van der Waals surface area (Å²) < 4.78 is 11.5. The second kappa shape index (κ2) is 13.7. The fourth-order valence-corrected chi connectivity index (χ4v) is 17.6. The molecule has 3 aliphatic rings. The van der Waals surface area contributed by atoms with Gasteiger partial charge in [-0.25, -0.2) is 0 Å². The maximum atomic E-state index is 6.02. The van der Waals surface area contributed by atoms with E-state index in [1.807, 2.05) is 22.7 Å². The van der Waals surface area contributed by atoms with Crippen molar-refractivity contribution in [2.45, 2.75) is 67.3 Å². The van der Waals surface area contributed by atoms with Crippen LogP contribution in [-0.4, -0.2) is 13.2 Å². The number of hydrogen-bond donors (Lipinski definition) is 0. The Hall–Kier alpha value is -2.72. The summed E-state index contributed by atoms with van der Waals surface area (Å²) in [5, 5.41) is 4.62. The monoisotopic (exact) mass is 764 g/mol. The van der Waals surface area contributed by atoms with E-state index in [1.165, 1.54) is 62.7 Å². The minimum Gasteiger partial charge on any atom is -0.494 e. The molecule has 2 nitrogen and oxygen atoms in total. The van der Waals surface area contributed by atoms with Gasteiger partial charge < -0.3 is 9.47 Å². The van der Waals surface area contributed by atoms with Crippen molar-refractivity contribution in [3.05, 3.63) is 118 Å². The number of ether oxygens (including phenoxy) is 2. The van der Waals surface area contributed by atoms with Gasteiger partial charge in [-0.2, -0.15) is 0 Å². The highest BCUT2D eigenvalue weighted by atomic mass is 32.2. The Morgan fingerprint density at radius 1 is 0.480 bits per heavy atom. The lowest BCUT2D eigenvalue weighted by Gasteiger charge is -2.46. The molecule has 4 heterocycles. The first-order valence-corrected chi connectivity index (χ1v) is 22.3. The third-order valence-electron chi connectivity index (χ3n) is 9.47. The summed E-state index contributed by atoms with van der Waals surface area (Å²) in [6.07, 6.45) is 4.42. The van der Waals surface area contributed by atoms with E-state index < -0.39 is 0 Å². The lowest BCUT2D eigenvalue weighted by molar-refractivity contribution is 0.309. The SMILES string of the molecule is CCCCOc1ccc(-c2cccc3c2SC2(S3)c3sccc3-c3ccsc3C23Sc2cccc(-c4ccc(OCCCC)cc4)c2S3)cc1. The lowest BCUT2D eigenvalue weighted by atomic mass is 9.96. The molecule has 9 rings (SSSR count). The van der Waals surface area contributed by atoms with Gasteiger partial charge in [0.2, 0.25) is 0 Å². The maximum absolute atomic E-state index is 6.02. The molecule has 2 unspecified atom stereocenters. The van der Waals surface area contributed by atoms with Crippen LogP contribution in [-0.2, 0) is 8.16 Å². The van der Waals surface area contributed by atoms with E-state index in [0.29, 0.717) is 0 Å². The van der Waals surface area contributed by atoms with Crippen LogP contribution in [0.2, 0.25) is 0 Å². The molecule has 8 heteroatoms. The zero-order chi connectivity index (χ0) is 33.7. The molecule has 1 aliphatic carbocycles. The summed E-state index contributed by atoms with van der Waals surface area (Å²) in [4.78, 5) is 8.45. The van der Waals surface area contributed by atoms with Crippen LogP contribution in [0.3, 0.4) is 0 Å². The molecule has 4 aromatic carbocycles. The van der Waals surface area contributed by atoms with Gasteiger partial charge in [0.1, 0.15) is 19.7 Å². The van der Waals surface area contributed by atoms with Gasteiger partial charge in [-0.05, 0) is 106 Å². The van der Waals surface area contributed by atoms with Gasteiger partial charge in [-0.1, -0.05) is 122 Å². The fraction of sp³-hybridized carbons (Fsp3) is 0.238. The first-order chi connectivity index (χ1) is 24.6.